The summed E-state index contributed by atoms with van der Waals surface area (Å²) in [6.45, 7) is 1.93. The zero-order valence-electron chi connectivity index (χ0n) is 21.0. The number of esters is 1. The maximum atomic E-state index is 14.5. The Kier molecular flexibility index (Phi) is 5.31. The second-order valence-electron chi connectivity index (χ2n) is 10.2. The first-order chi connectivity index (χ1) is 18.0. The lowest BCUT2D eigenvalue weighted by atomic mass is 9.55. The van der Waals surface area contributed by atoms with E-state index in [1.165, 1.54) is 0 Å². The van der Waals surface area contributed by atoms with Crippen LogP contribution in [0.5, 0.6) is 0 Å². The van der Waals surface area contributed by atoms with E-state index in [-0.39, 0.29) is 25.2 Å². The second-order valence-corrected chi connectivity index (χ2v) is 10.2. The fraction of sp³-hybridized carbons (Fsp3) is 0.281. The molecule has 5 heteroatoms. The minimum absolute atomic E-state index is 0.0320. The van der Waals surface area contributed by atoms with Gasteiger partial charge in [0.1, 0.15) is 5.78 Å². The molecule has 0 aliphatic heterocycles. The van der Waals surface area contributed by atoms with Gasteiger partial charge in [0.2, 0.25) is 0 Å². The van der Waals surface area contributed by atoms with Crippen LogP contribution in [0.15, 0.2) is 84.9 Å². The third-order valence-corrected chi connectivity index (χ3v) is 8.67. The Morgan fingerprint density at radius 1 is 1.00 bits per heavy atom. The highest BCUT2D eigenvalue weighted by atomic mass is 16.5. The van der Waals surface area contributed by atoms with Gasteiger partial charge in [0.05, 0.1) is 18.1 Å². The van der Waals surface area contributed by atoms with Gasteiger partial charge in [0.15, 0.2) is 5.41 Å². The number of aryl methyl sites for hydroxylation is 1. The second kappa shape index (κ2) is 8.45. The van der Waals surface area contributed by atoms with Crippen molar-refractivity contribution in [2.24, 2.45) is 18.4 Å². The first-order valence-electron chi connectivity index (χ1n) is 12.8. The van der Waals surface area contributed by atoms with Gasteiger partial charge in [-0.05, 0) is 29.7 Å². The normalized spacial score (nSPS) is 23.8. The van der Waals surface area contributed by atoms with Gasteiger partial charge in [-0.2, -0.15) is 5.26 Å². The zero-order chi connectivity index (χ0) is 25.8. The van der Waals surface area contributed by atoms with E-state index in [0.29, 0.717) is 0 Å². The minimum Gasteiger partial charge on any atom is -0.465 e. The van der Waals surface area contributed by atoms with Crippen LogP contribution in [0.4, 0.5) is 0 Å². The number of benzene rings is 3. The molecule has 1 saturated carbocycles. The number of para-hydroxylation sites is 1. The summed E-state index contributed by atoms with van der Waals surface area (Å²) in [6, 6.07) is 30.3. The van der Waals surface area contributed by atoms with Crippen molar-refractivity contribution in [3.05, 3.63) is 107 Å². The van der Waals surface area contributed by atoms with Crippen molar-refractivity contribution in [1.29, 1.82) is 5.26 Å². The predicted octanol–water partition coefficient (Wildman–Crippen LogP) is 5.47. The van der Waals surface area contributed by atoms with E-state index < -0.39 is 28.6 Å². The molecular weight excluding hydrogens is 460 g/mol. The Hall–Kier alpha value is -4.17. The van der Waals surface area contributed by atoms with Crippen LogP contribution < -0.4 is 0 Å². The van der Waals surface area contributed by atoms with E-state index in [1.807, 2.05) is 79.8 Å². The van der Waals surface area contributed by atoms with Crippen LogP contribution >= 0.6 is 0 Å². The number of hydrogen-bond acceptors (Lipinski definition) is 4. The Bertz CT molecular complexity index is 1520. The van der Waals surface area contributed by atoms with Crippen molar-refractivity contribution in [3.8, 4) is 6.07 Å². The maximum absolute atomic E-state index is 14.5. The molecule has 0 radical (unpaired) electrons. The minimum atomic E-state index is -1.46. The number of rotatable bonds is 4. The smallest absolute Gasteiger partial charge is 0.327 e. The Morgan fingerprint density at radius 2 is 1.59 bits per heavy atom. The molecule has 184 valence electrons. The summed E-state index contributed by atoms with van der Waals surface area (Å²) in [5, 5.41) is 11.8. The highest BCUT2D eigenvalue weighted by molar-refractivity contribution is 6.02. The Morgan fingerprint density at radius 3 is 2.19 bits per heavy atom. The molecule has 2 aliphatic rings. The van der Waals surface area contributed by atoms with Crippen molar-refractivity contribution < 1.29 is 14.3 Å². The number of ketones is 1. The van der Waals surface area contributed by atoms with Gasteiger partial charge in [0, 0.05) is 48.3 Å². The lowest BCUT2D eigenvalue weighted by Crippen LogP contribution is -2.49. The predicted molar refractivity (Wildman–Crippen MR) is 141 cm³/mol. The standard InChI is InChI=1S/C32H28N2O3/c1-3-37-30(36)31(20-33)19-26-28(23-16-10-11-17-25(23)34(26)2)29-24(31)18-27(35)32(29,21-12-6-4-7-13-21)22-14-8-5-9-15-22/h4-17,24,29H,3,18-19H2,1-2H3/t24-,29?,31?/m0/s1. The largest absolute Gasteiger partial charge is 0.465 e. The van der Waals surface area contributed by atoms with Crippen LogP contribution in [0.2, 0.25) is 0 Å². The van der Waals surface area contributed by atoms with Gasteiger partial charge in [-0.1, -0.05) is 78.9 Å². The molecule has 37 heavy (non-hydrogen) atoms. The fourth-order valence-electron chi connectivity index (χ4n) is 7.16. The molecule has 3 aromatic carbocycles. The molecule has 1 fully saturated rings. The van der Waals surface area contributed by atoms with Crippen LogP contribution in [0.25, 0.3) is 10.9 Å². The molecule has 2 aliphatic carbocycles. The lowest BCUT2D eigenvalue weighted by molar-refractivity contribution is -0.155. The molecule has 0 saturated heterocycles. The third-order valence-electron chi connectivity index (χ3n) is 8.67. The van der Waals surface area contributed by atoms with E-state index >= 15 is 0 Å². The van der Waals surface area contributed by atoms with Crippen LogP contribution in [0, 0.1) is 22.7 Å². The summed E-state index contributed by atoms with van der Waals surface area (Å²) >= 11 is 0. The number of nitriles is 1. The van der Waals surface area contributed by atoms with Crippen molar-refractivity contribution in [3.63, 3.8) is 0 Å². The maximum Gasteiger partial charge on any atom is 0.327 e. The molecule has 5 nitrogen and oxygen atoms in total. The monoisotopic (exact) mass is 488 g/mol. The number of carbonyl (C=O) groups excluding carboxylic acids is 2. The number of hydrogen-bond donors (Lipinski definition) is 0. The number of nitrogens with zero attached hydrogens (tertiary/aromatic N) is 2. The Balaban J connectivity index is 1.77. The quantitative estimate of drug-likeness (QED) is 0.357. The van der Waals surface area contributed by atoms with E-state index in [1.54, 1.807) is 6.92 Å². The highest BCUT2D eigenvalue weighted by Crippen LogP contribution is 2.65. The van der Waals surface area contributed by atoms with Crippen molar-refractivity contribution in [2.45, 2.75) is 31.1 Å². The Labute approximate surface area is 216 Å². The molecule has 0 bridgehead atoms. The van der Waals surface area contributed by atoms with E-state index in [9.17, 15) is 14.9 Å². The molecule has 1 heterocycles. The molecule has 1 aromatic heterocycles. The zero-order valence-corrected chi connectivity index (χ0v) is 21.0. The summed E-state index contributed by atoms with van der Waals surface area (Å²) in [6.07, 6.45) is 0.348. The number of carbonyl (C=O) groups is 2. The van der Waals surface area contributed by atoms with E-state index in [2.05, 4.69) is 22.8 Å². The third kappa shape index (κ3) is 2.96. The van der Waals surface area contributed by atoms with Crippen LogP contribution in [-0.4, -0.2) is 22.9 Å². The molecule has 0 spiro atoms. The molecular formula is C32H28N2O3. The van der Waals surface area contributed by atoms with Crippen LogP contribution in [-0.2, 0) is 33.2 Å². The van der Waals surface area contributed by atoms with Gasteiger partial charge in [-0.25, -0.2) is 0 Å². The van der Waals surface area contributed by atoms with Crippen molar-refractivity contribution in [2.75, 3.05) is 6.61 Å². The van der Waals surface area contributed by atoms with Gasteiger partial charge in [-0.15, -0.1) is 0 Å². The molecule has 6 rings (SSSR count). The van der Waals surface area contributed by atoms with Gasteiger partial charge < -0.3 is 9.30 Å². The number of ether oxygens (including phenoxy) is 1. The summed E-state index contributed by atoms with van der Waals surface area (Å²) < 4.78 is 7.64. The van der Waals surface area contributed by atoms with E-state index in [0.717, 1.165) is 33.3 Å². The number of Topliss-reactive ketones (excluding diaryl/α,β-unsaturated/α-hetero) is 1. The van der Waals surface area contributed by atoms with E-state index in [4.69, 9.17) is 4.74 Å². The SMILES string of the molecule is CCOC(=O)C1(C#N)Cc2c(c3ccccc3n2C)C2[C@@H]1CC(=O)C2(c1ccccc1)c1ccccc1. The summed E-state index contributed by atoms with van der Waals surface area (Å²) in [7, 11) is 1.98. The summed E-state index contributed by atoms with van der Waals surface area (Å²) in [5.41, 5.74) is 2.28. The first-order valence-corrected chi connectivity index (χ1v) is 12.8. The molecule has 0 N–H and O–H groups in total. The average Bonchev–Trinajstić information content (AvgIpc) is 3.40. The molecule has 0 amide bonds. The van der Waals surface area contributed by atoms with Crippen molar-refractivity contribution in [1.82, 2.24) is 4.57 Å². The van der Waals surface area contributed by atoms with Gasteiger partial charge in [0.25, 0.3) is 0 Å². The molecule has 4 aromatic rings. The highest BCUT2D eigenvalue weighted by Gasteiger charge is 2.68. The fourth-order valence-corrected chi connectivity index (χ4v) is 7.16. The average molecular weight is 489 g/mol. The number of aromatic nitrogens is 1. The van der Waals surface area contributed by atoms with Crippen molar-refractivity contribution >= 4 is 22.7 Å². The van der Waals surface area contributed by atoms with Gasteiger partial charge in [-0.3, -0.25) is 9.59 Å². The van der Waals surface area contributed by atoms with Crippen LogP contribution in [0.1, 0.15) is 41.6 Å². The molecule has 3 atom stereocenters. The van der Waals surface area contributed by atoms with Gasteiger partial charge >= 0.3 is 5.97 Å². The summed E-state index contributed by atoms with van der Waals surface area (Å²) in [5.74, 6) is -1.44. The summed E-state index contributed by atoms with van der Waals surface area (Å²) in [4.78, 5) is 28.2. The number of fused-ring (bicyclic) bond motifs is 5. The first kappa shape index (κ1) is 23.2. The lowest BCUT2D eigenvalue weighted by Gasteiger charge is -2.44. The van der Waals surface area contributed by atoms with Crippen LogP contribution in [0.3, 0.4) is 0 Å². The topological polar surface area (TPSA) is 72.1 Å². The molecule has 2 unspecified atom stereocenters.